The van der Waals surface area contributed by atoms with Gasteiger partial charge >= 0.3 is 0 Å². The van der Waals surface area contributed by atoms with Gasteiger partial charge in [-0.15, -0.1) is 0 Å². The summed E-state index contributed by atoms with van der Waals surface area (Å²) >= 11 is 28.4. The molecule has 0 radical (unpaired) electrons. The molecule has 0 aromatic carbocycles. The normalized spacial score (nSPS) is 27.5. The summed E-state index contributed by atoms with van der Waals surface area (Å²) in [5.74, 6) is -0.557. The SMILES string of the molecule is FC1=C(Cl)C(Cl)(Cl)C(Cl)(Cl)CC1. The molecule has 0 saturated heterocycles. The van der Waals surface area contributed by atoms with Gasteiger partial charge < -0.3 is 0 Å². The van der Waals surface area contributed by atoms with Crippen LogP contribution in [0.5, 0.6) is 0 Å². The highest BCUT2D eigenvalue weighted by Crippen LogP contribution is 2.55. The molecule has 0 fully saturated rings. The van der Waals surface area contributed by atoms with E-state index in [0.717, 1.165) is 0 Å². The fourth-order valence-corrected chi connectivity index (χ4v) is 1.99. The van der Waals surface area contributed by atoms with Crippen LogP contribution in [-0.2, 0) is 0 Å². The van der Waals surface area contributed by atoms with Crippen molar-refractivity contribution in [1.29, 1.82) is 0 Å². The molecule has 0 atom stereocenters. The summed E-state index contributed by atoms with van der Waals surface area (Å²) in [6.45, 7) is 0. The van der Waals surface area contributed by atoms with Crippen molar-refractivity contribution in [2.24, 2.45) is 0 Å². The van der Waals surface area contributed by atoms with Gasteiger partial charge in [0.15, 0.2) is 8.67 Å². The molecule has 70 valence electrons. The minimum atomic E-state index is -1.75. The van der Waals surface area contributed by atoms with E-state index >= 15 is 0 Å². The Morgan fingerprint density at radius 1 is 1.17 bits per heavy atom. The minimum Gasteiger partial charge on any atom is -0.210 e. The summed E-state index contributed by atoms with van der Waals surface area (Å²) in [6, 6.07) is 0. The lowest BCUT2D eigenvalue weighted by molar-refractivity contribution is 0.503. The molecule has 0 aromatic heterocycles. The molecule has 1 rings (SSSR count). The average Bonchev–Trinajstić information content (AvgIpc) is 1.96. The Morgan fingerprint density at radius 3 is 2.08 bits per heavy atom. The third kappa shape index (κ3) is 1.67. The molecule has 0 N–H and O–H groups in total. The first-order valence-corrected chi connectivity index (χ1v) is 4.98. The van der Waals surface area contributed by atoms with Crippen molar-refractivity contribution in [3.8, 4) is 0 Å². The second-order valence-electron chi connectivity index (χ2n) is 2.50. The summed E-state index contributed by atoms with van der Waals surface area (Å²) in [5, 5.41) is -0.318. The highest BCUT2D eigenvalue weighted by molar-refractivity contribution is 6.66. The highest BCUT2D eigenvalue weighted by Gasteiger charge is 2.53. The van der Waals surface area contributed by atoms with Crippen LogP contribution in [0, 0.1) is 0 Å². The van der Waals surface area contributed by atoms with Crippen LogP contribution in [-0.4, -0.2) is 8.67 Å². The van der Waals surface area contributed by atoms with Crippen molar-refractivity contribution in [3.05, 3.63) is 10.9 Å². The molecule has 0 aliphatic heterocycles. The molecule has 0 bridgehead atoms. The van der Waals surface area contributed by atoms with E-state index < -0.39 is 14.5 Å². The molecule has 0 aromatic rings. The zero-order valence-corrected chi connectivity index (χ0v) is 9.46. The van der Waals surface area contributed by atoms with Crippen LogP contribution >= 0.6 is 58.0 Å². The molecule has 0 heterocycles. The van der Waals surface area contributed by atoms with Gasteiger partial charge in [0, 0.05) is 6.42 Å². The largest absolute Gasteiger partial charge is 0.210 e. The van der Waals surface area contributed by atoms with Crippen LogP contribution in [0.25, 0.3) is 0 Å². The minimum absolute atomic E-state index is 0.0625. The second-order valence-corrected chi connectivity index (χ2v) is 5.69. The van der Waals surface area contributed by atoms with Crippen LogP contribution in [0.3, 0.4) is 0 Å². The summed E-state index contributed by atoms with van der Waals surface area (Å²) in [5.41, 5.74) is 0. The first-order valence-electron chi connectivity index (χ1n) is 3.09. The standard InChI is InChI=1S/C6H4Cl5F/c7-4-3(12)1-2-5(8,9)6(4,10)11/h1-2H2. The quantitative estimate of drug-likeness (QED) is 0.568. The topological polar surface area (TPSA) is 0 Å². The second kappa shape index (κ2) is 3.36. The monoisotopic (exact) mass is 270 g/mol. The third-order valence-electron chi connectivity index (χ3n) is 1.63. The Balaban J connectivity index is 3.12. The van der Waals surface area contributed by atoms with E-state index in [4.69, 9.17) is 58.0 Å². The molecule has 0 saturated carbocycles. The van der Waals surface area contributed by atoms with Crippen molar-refractivity contribution >= 4 is 58.0 Å². The number of halogens is 6. The Hall–Kier alpha value is 1.12. The van der Waals surface area contributed by atoms with Crippen molar-refractivity contribution in [1.82, 2.24) is 0 Å². The van der Waals surface area contributed by atoms with E-state index in [-0.39, 0.29) is 17.9 Å². The third-order valence-corrected chi connectivity index (χ3v) is 4.67. The number of allylic oxidation sites excluding steroid dienone is 2. The average molecular weight is 272 g/mol. The van der Waals surface area contributed by atoms with Gasteiger partial charge in [-0.1, -0.05) is 58.0 Å². The fraction of sp³-hybridized carbons (Fsp3) is 0.667. The van der Waals surface area contributed by atoms with Crippen LogP contribution in [0.15, 0.2) is 10.9 Å². The maximum atomic E-state index is 12.9. The van der Waals surface area contributed by atoms with E-state index in [2.05, 4.69) is 0 Å². The highest BCUT2D eigenvalue weighted by atomic mass is 35.5. The summed E-state index contributed by atoms with van der Waals surface area (Å²) in [6.07, 6.45) is 0.207. The van der Waals surface area contributed by atoms with Gasteiger partial charge in [-0.2, -0.15) is 0 Å². The molecule has 1 aliphatic carbocycles. The number of hydrogen-bond acceptors (Lipinski definition) is 0. The summed E-state index contributed by atoms with van der Waals surface area (Å²) in [4.78, 5) is 0. The number of hydrogen-bond donors (Lipinski definition) is 0. The Morgan fingerprint density at radius 2 is 1.67 bits per heavy atom. The van der Waals surface area contributed by atoms with Gasteiger partial charge in [0.2, 0.25) is 0 Å². The van der Waals surface area contributed by atoms with Gasteiger partial charge in [-0.05, 0) is 6.42 Å². The van der Waals surface area contributed by atoms with Gasteiger partial charge in [-0.25, -0.2) is 4.39 Å². The smallest absolute Gasteiger partial charge is 0.188 e. The zero-order chi connectivity index (χ0) is 9.57. The lowest BCUT2D eigenvalue weighted by atomic mass is 10.0. The van der Waals surface area contributed by atoms with Crippen molar-refractivity contribution in [2.75, 3.05) is 0 Å². The molecule has 0 nitrogen and oxygen atoms in total. The predicted octanol–water partition coefficient (Wildman–Crippen LogP) is 4.55. The Kier molecular flexibility index (Phi) is 3.13. The van der Waals surface area contributed by atoms with Gasteiger partial charge in [0.1, 0.15) is 5.83 Å². The van der Waals surface area contributed by atoms with Crippen LogP contribution in [0.4, 0.5) is 4.39 Å². The molecular formula is C6H4Cl5F. The first kappa shape index (κ1) is 11.2. The molecule has 0 unspecified atom stereocenters. The van der Waals surface area contributed by atoms with Gasteiger partial charge in [0.05, 0.1) is 5.03 Å². The van der Waals surface area contributed by atoms with Crippen molar-refractivity contribution in [2.45, 2.75) is 21.5 Å². The van der Waals surface area contributed by atoms with Crippen LogP contribution in [0.1, 0.15) is 12.8 Å². The maximum absolute atomic E-state index is 12.9. The predicted molar refractivity (Wildman–Crippen MR) is 52.1 cm³/mol. The molecule has 1 aliphatic rings. The van der Waals surface area contributed by atoms with Gasteiger partial charge in [0.25, 0.3) is 0 Å². The molecule has 6 heteroatoms. The molecule has 12 heavy (non-hydrogen) atoms. The number of rotatable bonds is 0. The summed E-state index contributed by atoms with van der Waals surface area (Å²) in [7, 11) is 0. The first-order chi connectivity index (χ1) is 5.29. The van der Waals surface area contributed by atoms with E-state index in [9.17, 15) is 4.39 Å². The van der Waals surface area contributed by atoms with E-state index in [1.54, 1.807) is 0 Å². The zero-order valence-electron chi connectivity index (χ0n) is 5.68. The Labute approximate surface area is 94.6 Å². The Bertz CT molecular complexity index is 232. The van der Waals surface area contributed by atoms with Crippen LogP contribution < -0.4 is 0 Å². The molecule has 0 amide bonds. The van der Waals surface area contributed by atoms with Crippen LogP contribution in [0.2, 0.25) is 0 Å². The maximum Gasteiger partial charge on any atom is 0.188 e. The fourth-order valence-electron chi connectivity index (χ4n) is 0.864. The molecular weight excluding hydrogens is 268 g/mol. The van der Waals surface area contributed by atoms with E-state index in [1.807, 2.05) is 0 Å². The summed E-state index contributed by atoms with van der Waals surface area (Å²) < 4.78 is 9.70. The molecule has 0 spiro atoms. The van der Waals surface area contributed by atoms with Crippen molar-refractivity contribution < 1.29 is 4.39 Å². The van der Waals surface area contributed by atoms with E-state index in [1.165, 1.54) is 0 Å². The van der Waals surface area contributed by atoms with Crippen molar-refractivity contribution in [3.63, 3.8) is 0 Å². The van der Waals surface area contributed by atoms with Gasteiger partial charge in [-0.3, -0.25) is 0 Å². The van der Waals surface area contributed by atoms with E-state index in [0.29, 0.717) is 0 Å². The lowest BCUT2D eigenvalue weighted by Crippen LogP contribution is -2.39. The number of alkyl halides is 4. The lowest BCUT2D eigenvalue weighted by Gasteiger charge is -2.35.